The molecule has 6 rings (SSSR count). The molecule has 0 radical (unpaired) electrons. The van der Waals surface area contributed by atoms with Crippen LogP contribution in [0.25, 0.3) is 22.3 Å². The molecule has 14 nitrogen and oxygen atoms in total. The lowest BCUT2D eigenvalue weighted by Crippen LogP contribution is -2.30. The molecule has 0 aliphatic heterocycles. The molecule has 29 heteroatoms. The predicted molar refractivity (Wildman–Crippen MR) is 242 cm³/mol. The zero-order valence-corrected chi connectivity index (χ0v) is 40.2. The molecule has 2 amide bonds. The van der Waals surface area contributed by atoms with Gasteiger partial charge in [-0.05, 0) is 72.8 Å². The number of carbonyl (C=O) groups is 2. The van der Waals surface area contributed by atoms with Crippen molar-refractivity contribution < 1.29 is 76.5 Å². The maximum atomic E-state index is 14.6. The number of ether oxygens (including phenoxy) is 3. The number of halogens is 13. The Bertz CT molecular complexity index is 3080. The van der Waals surface area contributed by atoms with Gasteiger partial charge >= 0.3 is 13.2 Å². The first-order valence-electron chi connectivity index (χ1n) is 17.9. The lowest BCUT2D eigenvalue weighted by molar-refractivity contribution is -0.0501. The van der Waals surface area contributed by atoms with Crippen LogP contribution >= 0.6 is 69.6 Å². The van der Waals surface area contributed by atoms with Gasteiger partial charge in [0.25, 0.3) is 11.8 Å². The quantitative estimate of drug-likeness (QED) is 0.0775. The Hall–Kier alpha value is -5.53. The number of sulfonamides is 2. The van der Waals surface area contributed by atoms with E-state index in [4.69, 9.17) is 79.4 Å². The van der Waals surface area contributed by atoms with Crippen LogP contribution in [-0.4, -0.2) is 69.5 Å². The summed E-state index contributed by atoms with van der Waals surface area (Å²) < 4.78 is 155. The van der Waals surface area contributed by atoms with Crippen molar-refractivity contribution in [3.05, 3.63) is 144 Å². The molecule has 368 valence electrons. The molecular weight excluding hydrogens is 1110 g/mol. The highest BCUT2D eigenvalue weighted by Crippen LogP contribution is 2.39. The van der Waals surface area contributed by atoms with Crippen molar-refractivity contribution in [2.24, 2.45) is 0 Å². The van der Waals surface area contributed by atoms with E-state index in [1.807, 2.05) is 0 Å². The Labute approximate surface area is 415 Å². The molecule has 2 heterocycles. The van der Waals surface area contributed by atoms with Crippen molar-refractivity contribution in [1.29, 1.82) is 0 Å². The van der Waals surface area contributed by atoms with Crippen LogP contribution in [0.15, 0.2) is 85.2 Å². The molecule has 6 aromatic rings. The number of benzene rings is 4. The highest BCUT2D eigenvalue weighted by molar-refractivity contribution is 7.89. The summed E-state index contributed by atoms with van der Waals surface area (Å²) in [6.45, 7) is -6.68. The fraction of sp³-hybridized carbons (Fsp3) is 0.100. The van der Waals surface area contributed by atoms with E-state index in [0.717, 1.165) is 18.5 Å². The second kappa shape index (κ2) is 23.9. The molecule has 0 spiro atoms. The molecule has 3 N–H and O–H groups in total. The first kappa shape index (κ1) is 56.1. The number of aromatic hydroxyl groups is 1. The number of hydrogen-bond acceptors (Lipinski definition) is 12. The molecule has 0 aliphatic carbocycles. The van der Waals surface area contributed by atoms with E-state index < -0.39 is 90.3 Å². The standard InChI is InChI=1S/C20H12Cl3F3N2O5S.C14H9ClF4N2O4S.C6H4Cl2O/c1-34(30,31)28-18(29)14-7-17(33-20(25)26)13(6-16(14)24)9-2-15(23)19(27-8-9)32-12-4-10(21)3-11(22)5-12;1-26(23,24)21-13(22)8-4-11(25-14(18)19)7(3-10(8)16)6-2-9(15)12(17)20-5-6;7-4-1-5(8)3-6(9)2-4/h2-8,20H,1H3,(H,28,29);2-5,14H,1H3,(H,21,22);1-3,9H. The number of rotatable bonds is 12. The van der Waals surface area contributed by atoms with Gasteiger partial charge in [-0.15, -0.1) is 0 Å². The van der Waals surface area contributed by atoms with Gasteiger partial charge in [-0.25, -0.2) is 45.0 Å². The smallest absolute Gasteiger partial charge is 0.387 e. The second-order valence-corrected chi connectivity index (χ2v) is 19.2. The molecule has 0 saturated carbocycles. The number of phenols is 1. The summed E-state index contributed by atoms with van der Waals surface area (Å²) in [6.07, 6.45) is 3.35. The largest absolute Gasteiger partial charge is 0.508 e. The minimum atomic E-state index is -4.04. The second-order valence-electron chi connectivity index (χ2n) is 13.2. The minimum absolute atomic E-state index is 0.0334. The van der Waals surface area contributed by atoms with Gasteiger partial charge in [0, 0.05) is 54.7 Å². The number of nitrogens with one attached hydrogen (secondary N) is 2. The van der Waals surface area contributed by atoms with Crippen LogP contribution < -0.4 is 23.7 Å². The number of aromatic nitrogens is 2. The highest BCUT2D eigenvalue weighted by Gasteiger charge is 2.24. The first-order valence-corrected chi connectivity index (χ1v) is 23.9. The number of nitrogens with zero attached hydrogens (tertiary/aromatic N) is 2. The third kappa shape index (κ3) is 17.4. The van der Waals surface area contributed by atoms with E-state index in [0.29, 0.717) is 56.9 Å². The molecule has 0 aliphatic rings. The molecular formula is C40H25Cl6F7N4O10S2. The van der Waals surface area contributed by atoms with Crippen molar-refractivity contribution in [2.75, 3.05) is 12.5 Å². The van der Waals surface area contributed by atoms with Crippen molar-refractivity contribution >= 4 is 101 Å². The topological polar surface area (TPSA) is 200 Å². The fourth-order valence-corrected chi connectivity index (χ4v) is 7.48. The summed E-state index contributed by atoms with van der Waals surface area (Å²) in [6, 6.07) is 13.6. The molecule has 0 bridgehead atoms. The maximum absolute atomic E-state index is 14.6. The number of hydrogen-bond donors (Lipinski definition) is 3. The Kier molecular flexibility index (Phi) is 19.4. The van der Waals surface area contributed by atoms with Crippen molar-refractivity contribution in [3.8, 4) is 51.1 Å². The normalized spacial score (nSPS) is 11.2. The van der Waals surface area contributed by atoms with E-state index in [1.54, 1.807) is 10.8 Å². The van der Waals surface area contributed by atoms with E-state index in [1.165, 1.54) is 41.1 Å². The van der Waals surface area contributed by atoms with Crippen LogP contribution in [0.5, 0.6) is 28.9 Å². The average molecular weight is 1130 g/mol. The van der Waals surface area contributed by atoms with Crippen LogP contribution in [-0.2, 0) is 20.0 Å². The van der Waals surface area contributed by atoms with Crippen LogP contribution in [0, 0.1) is 17.6 Å². The number of carbonyl (C=O) groups excluding carboxylic acids is 2. The summed E-state index contributed by atoms with van der Waals surface area (Å²) in [5.74, 6) is -7.29. The third-order valence-electron chi connectivity index (χ3n) is 7.74. The van der Waals surface area contributed by atoms with Gasteiger partial charge in [-0.1, -0.05) is 69.6 Å². The molecule has 0 atom stereocenters. The van der Waals surface area contributed by atoms with Crippen molar-refractivity contribution in [3.63, 3.8) is 0 Å². The zero-order chi connectivity index (χ0) is 51.7. The average Bonchev–Trinajstić information content (AvgIpc) is 3.18. The lowest BCUT2D eigenvalue weighted by atomic mass is 10.0. The molecule has 2 aromatic heterocycles. The van der Waals surface area contributed by atoms with Crippen molar-refractivity contribution in [2.45, 2.75) is 13.2 Å². The summed E-state index contributed by atoms with van der Waals surface area (Å²) in [5, 5.41) is 9.76. The predicted octanol–water partition coefficient (Wildman–Crippen LogP) is 11.6. The van der Waals surface area contributed by atoms with Crippen LogP contribution in [0.4, 0.5) is 30.7 Å². The number of amides is 2. The van der Waals surface area contributed by atoms with Gasteiger partial charge < -0.3 is 19.3 Å². The summed E-state index contributed by atoms with van der Waals surface area (Å²) in [5.41, 5.74) is -2.25. The molecule has 0 unspecified atom stereocenters. The van der Waals surface area contributed by atoms with E-state index in [9.17, 15) is 57.2 Å². The molecule has 0 fully saturated rings. The SMILES string of the molecule is CS(=O)(=O)NC(=O)c1cc(OC(F)F)c(-c2cnc(F)c(Cl)c2)cc1F.CS(=O)(=O)NC(=O)c1cc(OC(F)F)c(-c2cnc(Oc3cc(Cl)cc(Cl)c3)c(Cl)c2)cc1F.Oc1cc(Cl)cc(Cl)c1. The monoisotopic (exact) mass is 1130 g/mol. The number of pyridine rings is 2. The molecule has 4 aromatic carbocycles. The summed E-state index contributed by atoms with van der Waals surface area (Å²) >= 11 is 34.6. The van der Waals surface area contributed by atoms with E-state index >= 15 is 0 Å². The van der Waals surface area contributed by atoms with Gasteiger partial charge in [-0.3, -0.25) is 9.59 Å². The number of alkyl halides is 4. The fourth-order valence-electron chi connectivity index (χ4n) is 5.19. The molecule has 69 heavy (non-hydrogen) atoms. The maximum Gasteiger partial charge on any atom is 0.387 e. The van der Waals surface area contributed by atoms with Crippen molar-refractivity contribution in [1.82, 2.24) is 19.4 Å². The van der Waals surface area contributed by atoms with Crippen LogP contribution in [0.3, 0.4) is 0 Å². The Morgan fingerprint density at radius 2 is 0.971 bits per heavy atom. The third-order valence-corrected chi connectivity index (χ3v) is 10.3. The number of phenolic OH excluding ortho intramolecular Hbond substituents is 1. The van der Waals surface area contributed by atoms with Gasteiger partial charge in [0.2, 0.25) is 31.9 Å². The Morgan fingerprint density at radius 1 is 0.580 bits per heavy atom. The molecule has 0 saturated heterocycles. The van der Waals surface area contributed by atoms with Crippen LogP contribution in [0.1, 0.15) is 20.7 Å². The van der Waals surface area contributed by atoms with Gasteiger partial charge in [-0.2, -0.15) is 22.0 Å². The van der Waals surface area contributed by atoms with Crippen LogP contribution in [0.2, 0.25) is 30.1 Å². The lowest BCUT2D eigenvalue weighted by Gasteiger charge is -2.14. The van der Waals surface area contributed by atoms with E-state index in [2.05, 4.69) is 19.4 Å². The Balaban J connectivity index is 0.000000260. The van der Waals surface area contributed by atoms with Gasteiger partial charge in [0.05, 0.1) is 28.7 Å². The zero-order valence-electron chi connectivity index (χ0n) is 34.0. The summed E-state index contributed by atoms with van der Waals surface area (Å²) in [7, 11) is -8.06. The Morgan fingerprint density at radius 3 is 1.33 bits per heavy atom. The highest BCUT2D eigenvalue weighted by atomic mass is 35.5. The summed E-state index contributed by atoms with van der Waals surface area (Å²) in [4.78, 5) is 31.1. The first-order chi connectivity index (χ1) is 32.0. The van der Waals surface area contributed by atoms with Gasteiger partial charge in [0.15, 0.2) is 0 Å². The van der Waals surface area contributed by atoms with E-state index in [-0.39, 0.29) is 44.7 Å². The van der Waals surface area contributed by atoms with Gasteiger partial charge in [0.1, 0.15) is 39.7 Å². The minimum Gasteiger partial charge on any atom is -0.508 e.